The number of pyridine rings is 1. The van der Waals surface area contributed by atoms with Gasteiger partial charge in [-0.2, -0.15) is 0 Å². The summed E-state index contributed by atoms with van der Waals surface area (Å²) in [6.45, 7) is 8.08. The number of hydrogen-bond acceptors (Lipinski definition) is 0. The number of aromatic nitrogens is 1. The smallest absolute Gasteiger partial charge is 0.172 e. The summed E-state index contributed by atoms with van der Waals surface area (Å²) >= 11 is 0. The highest BCUT2D eigenvalue weighted by atomic mass is 14.9. The van der Waals surface area contributed by atoms with Gasteiger partial charge in [0.1, 0.15) is 6.54 Å². The van der Waals surface area contributed by atoms with Crippen molar-refractivity contribution >= 4 is 0 Å². The summed E-state index contributed by atoms with van der Waals surface area (Å²) in [6, 6.07) is 2.45. The SMILES string of the molecule is CCCCCCCCCCCc1cc[n+](CCCC)cc1CCCCCCCCCCC. The minimum atomic E-state index is 1.18. The largest absolute Gasteiger partial charge is 0.205 e. The normalized spacial score (nSPS) is 11.3. The molecule has 0 N–H and O–H groups in total. The number of rotatable bonds is 23. The number of unbranched alkanes of at least 4 members (excludes halogenated alkanes) is 17. The van der Waals surface area contributed by atoms with Gasteiger partial charge in [0.25, 0.3) is 0 Å². The fraction of sp³-hybridized carbons (Fsp3) is 0.839. The maximum absolute atomic E-state index is 2.49. The molecule has 0 unspecified atom stereocenters. The standard InChI is InChI=1S/C31H58N/c1-4-7-10-12-14-16-18-20-22-24-30-26-28-32(27-9-6-3)29-31(30)25-23-21-19-17-15-13-11-8-5-2/h26,28-29H,4-25,27H2,1-3H3/q+1. The van der Waals surface area contributed by atoms with Crippen LogP contribution in [0, 0.1) is 0 Å². The first-order chi connectivity index (χ1) is 15.8. The molecule has 0 bridgehead atoms. The van der Waals surface area contributed by atoms with E-state index in [0.717, 1.165) is 0 Å². The molecule has 0 fully saturated rings. The quantitative estimate of drug-likeness (QED) is 0.117. The maximum Gasteiger partial charge on any atom is 0.172 e. The predicted molar refractivity (Wildman–Crippen MR) is 143 cm³/mol. The first kappa shape index (κ1) is 29.2. The van der Waals surface area contributed by atoms with Crippen molar-refractivity contribution in [3.63, 3.8) is 0 Å². The highest BCUT2D eigenvalue weighted by Crippen LogP contribution is 2.17. The van der Waals surface area contributed by atoms with Crippen LogP contribution in [-0.4, -0.2) is 0 Å². The van der Waals surface area contributed by atoms with E-state index in [1.54, 1.807) is 11.1 Å². The highest BCUT2D eigenvalue weighted by Gasteiger charge is 2.09. The molecule has 32 heavy (non-hydrogen) atoms. The van der Waals surface area contributed by atoms with E-state index in [2.05, 4.69) is 43.8 Å². The molecule has 186 valence electrons. The summed E-state index contributed by atoms with van der Waals surface area (Å²) in [4.78, 5) is 0. The zero-order valence-electron chi connectivity index (χ0n) is 22.4. The van der Waals surface area contributed by atoms with E-state index < -0.39 is 0 Å². The summed E-state index contributed by atoms with van der Waals surface area (Å²) in [7, 11) is 0. The van der Waals surface area contributed by atoms with Crippen molar-refractivity contribution in [2.75, 3.05) is 0 Å². The fourth-order valence-corrected chi connectivity index (χ4v) is 4.82. The second kappa shape index (κ2) is 22.0. The molecule has 0 radical (unpaired) electrons. The van der Waals surface area contributed by atoms with Gasteiger partial charge in [0.2, 0.25) is 0 Å². The summed E-state index contributed by atoms with van der Waals surface area (Å²) in [6.07, 6.45) is 35.6. The molecular weight excluding hydrogens is 386 g/mol. The van der Waals surface area contributed by atoms with E-state index in [0.29, 0.717) is 0 Å². The molecular formula is C31H58N+. The monoisotopic (exact) mass is 444 g/mol. The van der Waals surface area contributed by atoms with Gasteiger partial charge in [-0.15, -0.1) is 0 Å². The Morgan fingerprint density at radius 3 is 1.34 bits per heavy atom. The lowest BCUT2D eigenvalue weighted by Gasteiger charge is -2.09. The first-order valence-electron chi connectivity index (χ1n) is 14.8. The van der Waals surface area contributed by atoms with E-state index in [1.165, 1.54) is 148 Å². The summed E-state index contributed by atoms with van der Waals surface area (Å²) in [5.74, 6) is 0. The van der Waals surface area contributed by atoms with E-state index in [4.69, 9.17) is 0 Å². The topological polar surface area (TPSA) is 3.88 Å². The summed E-state index contributed by atoms with van der Waals surface area (Å²) in [5.41, 5.74) is 3.28. The predicted octanol–water partition coefficient (Wildman–Crippen LogP) is 9.92. The molecule has 1 nitrogen and oxygen atoms in total. The van der Waals surface area contributed by atoms with Gasteiger partial charge in [-0.1, -0.05) is 130 Å². The third-order valence-electron chi connectivity index (χ3n) is 7.07. The van der Waals surface area contributed by atoms with Crippen molar-refractivity contribution in [2.45, 2.75) is 169 Å². The Labute approximate surface area is 202 Å². The lowest BCUT2D eigenvalue weighted by Crippen LogP contribution is -2.33. The minimum absolute atomic E-state index is 1.18. The molecule has 0 aliphatic heterocycles. The van der Waals surface area contributed by atoms with Gasteiger partial charge in [-0.3, -0.25) is 0 Å². The Balaban J connectivity index is 2.32. The maximum atomic E-state index is 2.49. The minimum Gasteiger partial charge on any atom is -0.205 e. The summed E-state index contributed by atoms with van der Waals surface area (Å²) in [5, 5.41) is 0. The van der Waals surface area contributed by atoms with Crippen LogP contribution >= 0.6 is 0 Å². The number of hydrogen-bond donors (Lipinski definition) is 0. The van der Waals surface area contributed by atoms with E-state index in [9.17, 15) is 0 Å². The second-order valence-electron chi connectivity index (χ2n) is 10.2. The van der Waals surface area contributed by atoms with E-state index in [-0.39, 0.29) is 0 Å². The molecule has 0 amide bonds. The van der Waals surface area contributed by atoms with Crippen molar-refractivity contribution in [1.82, 2.24) is 0 Å². The van der Waals surface area contributed by atoms with Crippen molar-refractivity contribution in [3.8, 4) is 0 Å². The molecule has 0 saturated carbocycles. The van der Waals surface area contributed by atoms with Gasteiger partial charge in [0, 0.05) is 18.1 Å². The van der Waals surface area contributed by atoms with Crippen molar-refractivity contribution in [1.29, 1.82) is 0 Å². The van der Waals surface area contributed by atoms with Crippen LogP contribution in [-0.2, 0) is 19.4 Å². The zero-order chi connectivity index (χ0) is 23.1. The van der Waals surface area contributed by atoms with Gasteiger partial charge in [-0.05, 0) is 31.2 Å². The molecule has 1 heteroatoms. The lowest BCUT2D eigenvalue weighted by atomic mass is 9.97. The average molecular weight is 445 g/mol. The Morgan fingerprint density at radius 2 is 0.875 bits per heavy atom. The van der Waals surface area contributed by atoms with Crippen LogP contribution in [0.15, 0.2) is 18.5 Å². The third-order valence-corrected chi connectivity index (χ3v) is 7.07. The average Bonchev–Trinajstić information content (AvgIpc) is 2.81. The Bertz CT molecular complexity index is 521. The molecule has 0 spiro atoms. The molecule has 1 rings (SSSR count). The Morgan fingerprint density at radius 1 is 0.469 bits per heavy atom. The van der Waals surface area contributed by atoms with E-state index >= 15 is 0 Å². The summed E-state index contributed by atoms with van der Waals surface area (Å²) < 4.78 is 2.45. The molecule has 0 aliphatic rings. The van der Waals surface area contributed by atoms with Crippen molar-refractivity contribution < 1.29 is 4.57 Å². The van der Waals surface area contributed by atoms with Gasteiger partial charge >= 0.3 is 0 Å². The van der Waals surface area contributed by atoms with Crippen LogP contribution < -0.4 is 4.57 Å². The van der Waals surface area contributed by atoms with Crippen LogP contribution in [0.25, 0.3) is 0 Å². The Kier molecular flexibility index (Phi) is 20.0. The van der Waals surface area contributed by atoms with E-state index in [1.807, 2.05) is 0 Å². The van der Waals surface area contributed by atoms with Crippen molar-refractivity contribution in [2.24, 2.45) is 0 Å². The van der Waals surface area contributed by atoms with Gasteiger partial charge < -0.3 is 0 Å². The van der Waals surface area contributed by atoms with Gasteiger partial charge in [-0.25, -0.2) is 4.57 Å². The molecule has 0 atom stereocenters. The van der Waals surface area contributed by atoms with Gasteiger partial charge in [0.15, 0.2) is 12.4 Å². The molecule has 1 aromatic rings. The van der Waals surface area contributed by atoms with Crippen LogP contribution in [0.1, 0.15) is 160 Å². The zero-order valence-corrected chi connectivity index (χ0v) is 22.4. The molecule has 1 heterocycles. The molecule has 0 saturated heterocycles. The second-order valence-corrected chi connectivity index (χ2v) is 10.2. The third kappa shape index (κ3) is 15.9. The lowest BCUT2D eigenvalue weighted by molar-refractivity contribution is -0.697. The Hall–Kier alpha value is -0.850. The molecule has 0 aromatic carbocycles. The number of aryl methyl sites for hydroxylation is 3. The highest BCUT2D eigenvalue weighted by molar-refractivity contribution is 5.21. The van der Waals surface area contributed by atoms with Crippen LogP contribution in [0.3, 0.4) is 0 Å². The van der Waals surface area contributed by atoms with Crippen LogP contribution in [0.4, 0.5) is 0 Å². The van der Waals surface area contributed by atoms with Crippen LogP contribution in [0.2, 0.25) is 0 Å². The molecule has 1 aromatic heterocycles. The van der Waals surface area contributed by atoms with Crippen molar-refractivity contribution in [3.05, 3.63) is 29.6 Å². The fourth-order valence-electron chi connectivity index (χ4n) is 4.82. The number of nitrogens with zero attached hydrogens (tertiary/aromatic N) is 1. The van der Waals surface area contributed by atoms with Crippen LogP contribution in [0.5, 0.6) is 0 Å². The first-order valence-corrected chi connectivity index (χ1v) is 14.8. The van der Waals surface area contributed by atoms with Gasteiger partial charge in [0.05, 0.1) is 0 Å². The molecule has 0 aliphatic carbocycles.